The molecule has 23 heavy (non-hydrogen) atoms. The first kappa shape index (κ1) is 14.7. The van der Waals surface area contributed by atoms with E-state index in [1.54, 1.807) is 11.3 Å². The van der Waals surface area contributed by atoms with Crippen molar-refractivity contribution in [2.24, 2.45) is 10.7 Å². The Balaban J connectivity index is 1.75. The molecule has 3 N–H and O–H groups in total. The Hall–Kier alpha value is -1.86. The summed E-state index contributed by atoms with van der Waals surface area (Å²) in [6, 6.07) is 0.439. The van der Waals surface area contributed by atoms with Gasteiger partial charge in [0.15, 0.2) is 5.96 Å². The molecule has 1 atom stereocenters. The average Bonchev–Trinajstić information content (AvgIpc) is 3.09. The van der Waals surface area contributed by atoms with Gasteiger partial charge in [-0.3, -0.25) is 4.98 Å². The maximum absolute atomic E-state index is 5.98. The van der Waals surface area contributed by atoms with Crippen molar-refractivity contribution in [3.05, 3.63) is 34.1 Å². The molecule has 1 unspecified atom stereocenters. The van der Waals surface area contributed by atoms with E-state index in [0.29, 0.717) is 12.0 Å². The van der Waals surface area contributed by atoms with Crippen molar-refractivity contribution >= 4 is 22.9 Å². The van der Waals surface area contributed by atoms with Crippen molar-refractivity contribution in [3.63, 3.8) is 0 Å². The van der Waals surface area contributed by atoms with Crippen LogP contribution in [-0.4, -0.2) is 41.3 Å². The second kappa shape index (κ2) is 5.98. The van der Waals surface area contributed by atoms with Crippen LogP contribution in [0.4, 0.5) is 0 Å². The Morgan fingerprint density at radius 2 is 2.22 bits per heavy atom. The van der Waals surface area contributed by atoms with E-state index < -0.39 is 0 Å². The second-order valence-corrected chi connectivity index (χ2v) is 7.04. The fourth-order valence-electron chi connectivity index (χ4n) is 3.49. The molecule has 0 aliphatic carbocycles. The summed E-state index contributed by atoms with van der Waals surface area (Å²) in [7, 11) is 0. The zero-order valence-corrected chi connectivity index (χ0v) is 14.0. The van der Waals surface area contributed by atoms with Gasteiger partial charge in [0.05, 0.1) is 10.4 Å². The minimum atomic E-state index is 0.0102. The number of rotatable bonds is 2. The monoisotopic (exact) mass is 331 g/mol. The number of allylic oxidation sites excluding steroid dienone is 2. The Morgan fingerprint density at radius 3 is 2.96 bits per heavy atom. The second-order valence-electron chi connectivity index (χ2n) is 6.15. The lowest BCUT2D eigenvalue weighted by Gasteiger charge is -2.43. The Labute approximate surface area is 139 Å². The molecule has 0 spiro atoms. The fourth-order valence-corrected chi connectivity index (χ4v) is 4.13. The smallest absolute Gasteiger partial charge is 0.195 e. The van der Waals surface area contributed by atoms with Gasteiger partial charge in [-0.2, -0.15) is 0 Å². The van der Waals surface area contributed by atoms with E-state index >= 15 is 0 Å². The van der Waals surface area contributed by atoms with Crippen LogP contribution in [-0.2, 0) is 4.74 Å². The molecule has 1 aromatic heterocycles. The third-order valence-corrected chi connectivity index (χ3v) is 5.55. The van der Waals surface area contributed by atoms with E-state index in [4.69, 9.17) is 10.5 Å². The van der Waals surface area contributed by atoms with Crippen molar-refractivity contribution in [3.8, 4) is 0 Å². The maximum Gasteiger partial charge on any atom is 0.195 e. The first-order valence-electron chi connectivity index (χ1n) is 7.97. The third-order valence-electron chi connectivity index (χ3n) is 4.70. The molecule has 3 aliphatic rings. The topological polar surface area (TPSA) is 75.8 Å². The number of hydrogen-bond acceptors (Lipinski definition) is 7. The van der Waals surface area contributed by atoms with Crippen molar-refractivity contribution in [2.75, 3.05) is 13.2 Å². The molecule has 122 valence electrons. The van der Waals surface area contributed by atoms with Gasteiger partial charge >= 0.3 is 0 Å². The number of nitrogens with two attached hydrogens (primary N) is 1. The van der Waals surface area contributed by atoms with E-state index in [1.165, 1.54) is 16.0 Å². The van der Waals surface area contributed by atoms with Gasteiger partial charge in [0.25, 0.3) is 0 Å². The molecule has 7 heteroatoms. The van der Waals surface area contributed by atoms with Crippen LogP contribution in [0.2, 0.25) is 0 Å². The molecule has 4 rings (SSSR count). The number of thiazole rings is 1. The van der Waals surface area contributed by atoms with Gasteiger partial charge in [-0.15, -0.1) is 11.3 Å². The molecule has 4 heterocycles. The van der Waals surface area contributed by atoms with Crippen LogP contribution >= 0.6 is 11.3 Å². The highest BCUT2D eigenvalue weighted by atomic mass is 32.1. The normalized spacial score (nSPS) is 25.6. The lowest BCUT2D eigenvalue weighted by atomic mass is 9.93. The lowest BCUT2D eigenvalue weighted by molar-refractivity contribution is 0.0409. The highest BCUT2D eigenvalue weighted by Crippen LogP contribution is 2.38. The number of aromatic nitrogens is 1. The van der Waals surface area contributed by atoms with Crippen LogP contribution in [0.1, 0.15) is 31.1 Å². The van der Waals surface area contributed by atoms with Gasteiger partial charge < -0.3 is 20.7 Å². The van der Waals surface area contributed by atoms with E-state index in [9.17, 15) is 0 Å². The summed E-state index contributed by atoms with van der Waals surface area (Å²) in [5, 5.41) is 3.18. The van der Waals surface area contributed by atoms with Crippen molar-refractivity contribution in [1.29, 1.82) is 0 Å². The average molecular weight is 331 g/mol. The summed E-state index contributed by atoms with van der Waals surface area (Å²) in [6.07, 6.45) is 7.17. The SMILES string of the molecule is CC1=C2CC(c3cncs3)=CN(C3CCOCC3)C2N=C(N)N1. The molecule has 0 saturated carbocycles. The number of fused-ring (bicyclic) bond motifs is 1. The number of nitrogens with one attached hydrogen (secondary N) is 1. The summed E-state index contributed by atoms with van der Waals surface area (Å²) in [4.78, 5) is 12.5. The minimum absolute atomic E-state index is 0.0102. The van der Waals surface area contributed by atoms with Gasteiger partial charge in [-0.25, -0.2) is 4.99 Å². The van der Waals surface area contributed by atoms with E-state index in [2.05, 4.69) is 33.3 Å². The molecule has 1 aromatic rings. The fraction of sp³-hybridized carbons (Fsp3) is 0.500. The van der Waals surface area contributed by atoms with Crippen LogP contribution < -0.4 is 11.1 Å². The molecular weight excluding hydrogens is 310 g/mol. The molecule has 3 aliphatic heterocycles. The van der Waals surface area contributed by atoms with Crippen LogP contribution in [0.25, 0.3) is 5.57 Å². The Bertz CT molecular complexity index is 673. The predicted molar refractivity (Wildman–Crippen MR) is 91.6 cm³/mol. The molecule has 6 nitrogen and oxygen atoms in total. The quantitative estimate of drug-likeness (QED) is 0.865. The van der Waals surface area contributed by atoms with Crippen LogP contribution in [0, 0.1) is 0 Å². The first-order chi connectivity index (χ1) is 11.2. The van der Waals surface area contributed by atoms with Gasteiger partial charge in [-0.1, -0.05) is 0 Å². The van der Waals surface area contributed by atoms with E-state index in [-0.39, 0.29) is 6.17 Å². The first-order valence-corrected chi connectivity index (χ1v) is 8.85. The van der Waals surface area contributed by atoms with Crippen LogP contribution in [0.5, 0.6) is 0 Å². The van der Waals surface area contributed by atoms with Crippen molar-refractivity contribution in [2.45, 2.75) is 38.4 Å². The zero-order chi connectivity index (χ0) is 15.8. The molecule has 0 radical (unpaired) electrons. The highest BCUT2D eigenvalue weighted by molar-refractivity contribution is 7.10. The maximum atomic E-state index is 5.98. The number of nitrogens with zero attached hydrogens (tertiary/aromatic N) is 3. The number of ether oxygens (including phenoxy) is 1. The standard InChI is InChI=1S/C16H21N5OS/c1-10-13-6-11(14-7-18-9-23-14)8-21(12-2-4-22-5-3-12)15(13)20-16(17)19-10/h7-9,12,15H,2-6H2,1H3,(H3,17,19,20). The molecule has 0 amide bonds. The van der Waals surface area contributed by atoms with Gasteiger partial charge in [-0.05, 0) is 30.9 Å². The molecular formula is C16H21N5OS. The van der Waals surface area contributed by atoms with Gasteiger partial charge in [0.2, 0.25) is 0 Å². The van der Waals surface area contributed by atoms with Crippen molar-refractivity contribution < 1.29 is 4.74 Å². The summed E-state index contributed by atoms with van der Waals surface area (Å²) < 4.78 is 5.53. The molecule has 0 bridgehead atoms. The number of aliphatic imine (C=N–C) groups is 1. The van der Waals surface area contributed by atoms with Crippen LogP contribution in [0.15, 0.2) is 34.2 Å². The molecule has 1 saturated heterocycles. The minimum Gasteiger partial charge on any atom is -0.381 e. The number of guanidine groups is 1. The summed E-state index contributed by atoms with van der Waals surface area (Å²) in [5.74, 6) is 0.503. The third kappa shape index (κ3) is 2.74. The van der Waals surface area contributed by atoms with Gasteiger partial charge in [0.1, 0.15) is 6.17 Å². The summed E-state index contributed by atoms with van der Waals surface area (Å²) in [6.45, 7) is 3.71. The predicted octanol–water partition coefficient (Wildman–Crippen LogP) is 1.89. The van der Waals surface area contributed by atoms with E-state index in [0.717, 1.165) is 38.2 Å². The van der Waals surface area contributed by atoms with E-state index in [1.807, 2.05) is 11.7 Å². The molecule has 1 fully saturated rings. The lowest BCUT2D eigenvalue weighted by Crippen LogP contribution is -2.49. The number of hydrogen-bond donors (Lipinski definition) is 2. The van der Waals surface area contributed by atoms with Crippen molar-refractivity contribution in [1.82, 2.24) is 15.2 Å². The van der Waals surface area contributed by atoms with Crippen LogP contribution in [0.3, 0.4) is 0 Å². The largest absolute Gasteiger partial charge is 0.381 e. The summed E-state index contributed by atoms with van der Waals surface area (Å²) >= 11 is 1.69. The molecule has 0 aromatic carbocycles. The summed E-state index contributed by atoms with van der Waals surface area (Å²) in [5.41, 5.74) is 11.6. The van der Waals surface area contributed by atoms with Gasteiger partial charge in [0, 0.05) is 43.8 Å². The Kier molecular flexibility index (Phi) is 3.82. The zero-order valence-electron chi connectivity index (χ0n) is 13.2. The Morgan fingerprint density at radius 1 is 1.39 bits per heavy atom. The highest BCUT2D eigenvalue weighted by Gasteiger charge is 2.35.